The number of ether oxygens (including phenoxy) is 1. The maximum Gasteiger partial charge on any atom is 0.355 e. The molecule has 0 radical (unpaired) electrons. The lowest BCUT2D eigenvalue weighted by molar-refractivity contribution is 0.0517. The van der Waals surface area contributed by atoms with Gasteiger partial charge in [-0.1, -0.05) is 6.07 Å². The first-order valence-corrected chi connectivity index (χ1v) is 5.42. The maximum absolute atomic E-state index is 11.8. The summed E-state index contributed by atoms with van der Waals surface area (Å²) < 4.78 is 6.69. The average molecular weight is 231 g/mol. The first-order chi connectivity index (χ1) is 8.20. The Balaban J connectivity index is 2.74. The van der Waals surface area contributed by atoms with E-state index in [2.05, 4.69) is 0 Å². The van der Waals surface area contributed by atoms with Crippen LogP contribution < -0.4 is 0 Å². The van der Waals surface area contributed by atoms with Crippen molar-refractivity contribution in [3.05, 3.63) is 41.2 Å². The number of hydrogen-bond acceptors (Lipinski definition) is 3. The number of nitrogens with zero attached hydrogens (tertiary/aromatic N) is 1. The number of hydrogen-bond donors (Lipinski definition) is 0. The molecule has 0 N–H and O–H groups in total. The SMILES string of the molecule is CCOC(=O)c1c(C)c(C=O)c2ccccn12. The molecule has 0 unspecified atom stereocenters. The molecule has 2 rings (SSSR count). The standard InChI is InChI=1S/C13H13NO3/c1-3-17-13(16)12-9(2)10(8-15)11-6-4-5-7-14(11)12/h4-8H,3H2,1-2H3. The highest BCUT2D eigenvalue weighted by Crippen LogP contribution is 2.22. The molecule has 0 amide bonds. The van der Waals surface area contributed by atoms with Crippen LogP contribution in [0, 0.1) is 6.92 Å². The molecule has 0 spiro atoms. The van der Waals surface area contributed by atoms with Crippen LogP contribution in [0.3, 0.4) is 0 Å². The lowest BCUT2D eigenvalue weighted by atomic mass is 10.1. The predicted octanol–water partition coefficient (Wildman–Crippen LogP) is 2.24. The Bertz CT molecular complexity index is 584. The van der Waals surface area contributed by atoms with E-state index in [9.17, 15) is 9.59 Å². The van der Waals surface area contributed by atoms with Crippen LogP contribution in [0.4, 0.5) is 0 Å². The summed E-state index contributed by atoms with van der Waals surface area (Å²) in [6.07, 6.45) is 2.52. The number of aldehydes is 1. The zero-order valence-electron chi connectivity index (χ0n) is 9.77. The summed E-state index contributed by atoms with van der Waals surface area (Å²) >= 11 is 0. The Kier molecular flexibility index (Phi) is 2.95. The van der Waals surface area contributed by atoms with Gasteiger partial charge in [-0.25, -0.2) is 4.79 Å². The summed E-state index contributed by atoms with van der Waals surface area (Å²) in [5.74, 6) is -0.403. The molecular weight excluding hydrogens is 218 g/mol. The lowest BCUT2D eigenvalue weighted by Crippen LogP contribution is -2.09. The van der Waals surface area contributed by atoms with E-state index in [0.717, 1.165) is 11.8 Å². The van der Waals surface area contributed by atoms with E-state index >= 15 is 0 Å². The summed E-state index contributed by atoms with van der Waals surface area (Å²) in [4.78, 5) is 22.9. The Morgan fingerprint density at radius 1 is 1.47 bits per heavy atom. The van der Waals surface area contributed by atoms with Crippen LogP contribution in [0.15, 0.2) is 24.4 Å². The molecular formula is C13H13NO3. The van der Waals surface area contributed by atoms with E-state index in [1.807, 2.05) is 12.1 Å². The fourth-order valence-corrected chi connectivity index (χ4v) is 1.96. The minimum absolute atomic E-state index is 0.314. The number of pyridine rings is 1. The van der Waals surface area contributed by atoms with Gasteiger partial charge in [0.05, 0.1) is 12.1 Å². The second-order valence-corrected chi connectivity index (χ2v) is 3.68. The zero-order valence-corrected chi connectivity index (χ0v) is 9.77. The maximum atomic E-state index is 11.8. The number of carbonyl (C=O) groups excluding carboxylic acids is 2. The van der Waals surface area contributed by atoms with Crippen molar-refractivity contribution in [2.45, 2.75) is 13.8 Å². The smallest absolute Gasteiger partial charge is 0.355 e. The van der Waals surface area contributed by atoms with Crippen LogP contribution in [0.25, 0.3) is 5.52 Å². The first kappa shape index (κ1) is 11.4. The lowest BCUT2D eigenvalue weighted by Gasteiger charge is -2.03. The highest BCUT2D eigenvalue weighted by atomic mass is 16.5. The van der Waals surface area contributed by atoms with Crippen molar-refractivity contribution in [3.8, 4) is 0 Å². The van der Waals surface area contributed by atoms with Gasteiger partial charge in [-0.3, -0.25) is 4.79 Å². The van der Waals surface area contributed by atoms with Gasteiger partial charge in [0.2, 0.25) is 0 Å². The Hall–Kier alpha value is -2.10. The normalized spacial score (nSPS) is 10.5. The topological polar surface area (TPSA) is 47.8 Å². The molecule has 0 fully saturated rings. The minimum atomic E-state index is -0.403. The fourth-order valence-electron chi connectivity index (χ4n) is 1.96. The molecule has 0 aliphatic rings. The van der Waals surface area contributed by atoms with Gasteiger partial charge >= 0.3 is 5.97 Å². The highest BCUT2D eigenvalue weighted by Gasteiger charge is 2.20. The molecule has 0 bridgehead atoms. The molecule has 0 aliphatic heterocycles. The van der Waals surface area contributed by atoms with E-state index in [1.165, 1.54) is 0 Å². The molecule has 2 aromatic heterocycles. The Morgan fingerprint density at radius 3 is 2.88 bits per heavy atom. The van der Waals surface area contributed by atoms with Gasteiger partial charge in [0.1, 0.15) is 5.69 Å². The average Bonchev–Trinajstić information content (AvgIpc) is 2.61. The third kappa shape index (κ3) is 1.71. The van der Waals surface area contributed by atoms with Gasteiger partial charge in [-0.15, -0.1) is 0 Å². The highest BCUT2D eigenvalue weighted by molar-refractivity contribution is 5.98. The van der Waals surface area contributed by atoms with Crippen molar-refractivity contribution in [2.75, 3.05) is 6.61 Å². The third-order valence-corrected chi connectivity index (χ3v) is 2.72. The summed E-state index contributed by atoms with van der Waals surface area (Å²) in [5.41, 5.74) is 2.34. The molecule has 0 aromatic carbocycles. The van der Waals surface area contributed by atoms with Gasteiger partial charge in [0.15, 0.2) is 6.29 Å². The van der Waals surface area contributed by atoms with Crippen LogP contribution in [0.1, 0.15) is 33.3 Å². The van der Waals surface area contributed by atoms with Crippen molar-refractivity contribution in [3.63, 3.8) is 0 Å². The van der Waals surface area contributed by atoms with Crippen LogP contribution in [-0.2, 0) is 4.74 Å². The molecule has 0 aliphatic carbocycles. The van der Waals surface area contributed by atoms with E-state index in [1.54, 1.807) is 30.5 Å². The van der Waals surface area contributed by atoms with E-state index in [-0.39, 0.29) is 0 Å². The van der Waals surface area contributed by atoms with Crippen molar-refractivity contribution in [1.29, 1.82) is 0 Å². The van der Waals surface area contributed by atoms with Crippen LogP contribution in [-0.4, -0.2) is 23.3 Å². The predicted molar refractivity (Wildman–Crippen MR) is 63.5 cm³/mol. The largest absolute Gasteiger partial charge is 0.461 e. The monoisotopic (exact) mass is 231 g/mol. The van der Waals surface area contributed by atoms with Gasteiger partial charge in [-0.2, -0.15) is 0 Å². The number of fused-ring (bicyclic) bond motifs is 1. The number of aromatic nitrogens is 1. The van der Waals surface area contributed by atoms with Crippen molar-refractivity contribution in [2.24, 2.45) is 0 Å². The molecule has 2 aromatic rings. The van der Waals surface area contributed by atoms with Gasteiger partial charge in [0, 0.05) is 11.8 Å². The number of rotatable bonds is 3. The zero-order chi connectivity index (χ0) is 12.4. The molecule has 0 atom stereocenters. The third-order valence-electron chi connectivity index (χ3n) is 2.72. The fraction of sp³-hybridized carbons (Fsp3) is 0.231. The van der Waals surface area contributed by atoms with E-state index < -0.39 is 5.97 Å². The quantitative estimate of drug-likeness (QED) is 0.601. The molecule has 88 valence electrons. The Morgan fingerprint density at radius 2 is 2.24 bits per heavy atom. The Labute approximate surface area is 98.8 Å². The summed E-state index contributed by atoms with van der Waals surface area (Å²) in [6.45, 7) is 3.82. The van der Waals surface area contributed by atoms with E-state index in [4.69, 9.17) is 4.74 Å². The molecule has 4 heteroatoms. The molecule has 0 saturated carbocycles. The van der Waals surface area contributed by atoms with Gasteiger partial charge in [-0.05, 0) is 31.5 Å². The molecule has 0 saturated heterocycles. The van der Waals surface area contributed by atoms with Crippen molar-refractivity contribution >= 4 is 17.8 Å². The van der Waals surface area contributed by atoms with E-state index in [0.29, 0.717) is 23.4 Å². The van der Waals surface area contributed by atoms with Crippen LogP contribution >= 0.6 is 0 Å². The second kappa shape index (κ2) is 4.41. The minimum Gasteiger partial charge on any atom is -0.461 e. The van der Waals surface area contributed by atoms with Crippen molar-refractivity contribution in [1.82, 2.24) is 4.40 Å². The summed E-state index contributed by atoms with van der Waals surface area (Å²) in [7, 11) is 0. The first-order valence-electron chi connectivity index (χ1n) is 5.42. The molecule has 2 heterocycles. The van der Waals surface area contributed by atoms with Gasteiger partial charge in [0.25, 0.3) is 0 Å². The van der Waals surface area contributed by atoms with Crippen molar-refractivity contribution < 1.29 is 14.3 Å². The number of carbonyl (C=O) groups is 2. The molecule has 4 nitrogen and oxygen atoms in total. The van der Waals surface area contributed by atoms with Crippen LogP contribution in [0.2, 0.25) is 0 Å². The number of esters is 1. The molecule has 17 heavy (non-hydrogen) atoms. The summed E-state index contributed by atoms with van der Waals surface area (Å²) in [5, 5.41) is 0. The second-order valence-electron chi connectivity index (χ2n) is 3.68. The summed E-state index contributed by atoms with van der Waals surface area (Å²) in [6, 6.07) is 5.44. The van der Waals surface area contributed by atoms with Crippen LogP contribution in [0.5, 0.6) is 0 Å². The van der Waals surface area contributed by atoms with Gasteiger partial charge < -0.3 is 9.14 Å².